The highest BCUT2D eigenvalue weighted by Crippen LogP contribution is 2.44. The van der Waals surface area contributed by atoms with Gasteiger partial charge in [-0.15, -0.1) is 0 Å². The minimum absolute atomic E-state index is 0.0828. The molecule has 0 saturated heterocycles. The van der Waals surface area contributed by atoms with Crippen molar-refractivity contribution in [3.8, 4) is 11.1 Å². The molecular formula is C29H25NO2. The number of fused-ring (bicyclic) bond motifs is 4. The molecule has 1 aliphatic carbocycles. The van der Waals surface area contributed by atoms with Gasteiger partial charge in [0.15, 0.2) is 0 Å². The van der Waals surface area contributed by atoms with Crippen molar-refractivity contribution < 1.29 is 9.53 Å². The molecule has 0 spiro atoms. The summed E-state index contributed by atoms with van der Waals surface area (Å²) >= 11 is 0. The Balaban J connectivity index is 1.14. The zero-order valence-corrected chi connectivity index (χ0v) is 17.8. The Labute approximate surface area is 188 Å². The van der Waals surface area contributed by atoms with Crippen molar-refractivity contribution in [1.82, 2.24) is 5.32 Å². The highest BCUT2D eigenvalue weighted by Gasteiger charge is 2.28. The standard InChI is InChI=1S/C29H25NO2/c31-29(30-19-8-7-11-22-13-9-12-21-10-1-2-14-23(21)22)32-20-28-26-17-5-3-15-24(26)25-16-4-6-18-27(25)28/h1-7,9-18,28H,8,19-20H2,(H,30,31). The van der Waals surface area contributed by atoms with E-state index in [0.29, 0.717) is 13.2 Å². The lowest BCUT2D eigenvalue weighted by molar-refractivity contribution is 0.143. The molecule has 0 fully saturated rings. The molecule has 0 atom stereocenters. The van der Waals surface area contributed by atoms with Gasteiger partial charge in [-0.05, 0) is 45.0 Å². The molecule has 5 rings (SSSR count). The summed E-state index contributed by atoms with van der Waals surface area (Å²) in [5.41, 5.74) is 6.09. The van der Waals surface area contributed by atoms with Gasteiger partial charge in [0, 0.05) is 12.5 Å². The second-order valence-corrected chi connectivity index (χ2v) is 8.01. The van der Waals surface area contributed by atoms with E-state index >= 15 is 0 Å². The van der Waals surface area contributed by atoms with Gasteiger partial charge in [-0.3, -0.25) is 0 Å². The molecule has 0 heterocycles. The second kappa shape index (κ2) is 9.11. The molecule has 1 N–H and O–H groups in total. The molecule has 4 aromatic rings. The normalized spacial score (nSPS) is 12.6. The number of nitrogens with one attached hydrogen (secondary N) is 1. The highest BCUT2D eigenvalue weighted by molar-refractivity contribution is 5.90. The maximum atomic E-state index is 12.3. The van der Waals surface area contributed by atoms with Crippen LogP contribution in [0.1, 0.15) is 29.0 Å². The van der Waals surface area contributed by atoms with E-state index in [0.717, 1.165) is 6.42 Å². The zero-order valence-electron chi connectivity index (χ0n) is 17.8. The van der Waals surface area contributed by atoms with Crippen molar-refractivity contribution in [1.29, 1.82) is 0 Å². The summed E-state index contributed by atoms with van der Waals surface area (Å²) < 4.78 is 5.59. The Morgan fingerprint density at radius 1 is 0.812 bits per heavy atom. The first-order valence-electron chi connectivity index (χ1n) is 11.0. The van der Waals surface area contributed by atoms with E-state index in [9.17, 15) is 4.79 Å². The topological polar surface area (TPSA) is 38.3 Å². The van der Waals surface area contributed by atoms with Gasteiger partial charge >= 0.3 is 6.09 Å². The average Bonchev–Trinajstić information content (AvgIpc) is 3.16. The summed E-state index contributed by atoms with van der Waals surface area (Å²) in [7, 11) is 0. The van der Waals surface area contributed by atoms with Gasteiger partial charge in [-0.1, -0.05) is 103 Å². The van der Waals surface area contributed by atoms with Gasteiger partial charge in [-0.25, -0.2) is 4.79 Å². The summed E-state index contributed by atoms with van der Waals surface area (Å²) in [5, 5.41) is 5.33. The number of ether oxygens (including phenoxy) is 1. The van der Waals surface area contributed by atoms with E-state index in [1.54, 1.807) is 0 Å². The van der Waals surface area contributed by atoms with Gasteiger partial charge in [0.05, 0.1) is 0 Å². The number of benzene rings is 4. The van der Waals surface area contributed by atoms with Crippen LogP contribution >= 0.6 is 0 Å². The zero-order chi connectivity index (χ0) is 21.8. The maximum Gasteiger partial charge on any atom is 0.407 e. The molecule has 1 amide bonds. The Hall–Kier alpha value is -3.85. The van der Waals surface area contributed by atoms with Crippen LogP contribution in [0.5, 0.6) is 0 Å². The van der Waals surface area contributed by atoms with Crippen LogP contribution in [0.25, 0.3) is 28.0 Å². The number of alkyl carbamates (subject to hydrolysis) is 1. The van der Waals surface area contributed by atoms with E-state index in [4.69, 9.17) is 4.74 Å². The lowest BCUT2D eigenvalue weighted by Gasteiger charge is -2.14. The third-order valence-electron chi connectivity index (χ3n) is 6.04. The number of amides is 1. The van der Waals surface area contributed by atoms with E-state index in [1.807, 2.05) is 18.2 Å². The Morgan fingerprint density at radius 3 is 2.25 bits per heavy atom. The summed E-state index contributed by atoms with van der Waals surface area (Å²) in [4.78, 5) is 12.3. The second-order valence-electron chi connectivity index (χ2n) is 8.01. The molecule has 32 heavy (non-hydrogen) atoms. The van der Waals surface area contributed by atoms with Crippen molar-refractivity contribution >= 4 is 22.9 Å². The quantitative estimate of drug-likeness (QED) is 0.350. The number of rotatable bonds is 6. The highest BCUT2D eigenvalue weighted by atomic mass is 16.5. The summed E-state index contributed by atoms with van der Waals surface area (Å²) in [6.07, 6.45) is 4.58. The SMILES string of the molecule is O=C(NCCC=Cc1cccc2ccccc12)OCC1c2ccccc2-c2ccccc21. The van der Waals surface area contributed by atoms with Crippen molar-refractivity contribution in [2.24, 2.45) is 0 Å². The van der Waals surface area contributed by atoms with Crippen molar-refractivity contribution in [3.05, 3.63) is 114 Å². The van der Waals surface area contributed by atoms with Gasteiger partial charge < -0.3 is 10.1 Å². The lowest BCUT2D eigenvalue weighted by Crippen LogP contribution is -2.26. The predicted molar refractivity (Wildman–Crippen MR) is 131 cm³/mol. The summed E-state index contributed by atoms with van der Waals surface area (Å²) in [6.45, 7) is 0.879. The Bertz CT molecular complexity index is 1240. The van der Waals surface area contributed by atoms with Crippen LogP contribution in [-0.4, -0.2) is 19.2 Å². The monoisotopic (exact) mass is 419 g/mol. The van der Waals surface area contributed by atoms with Crippen LogP contribution in [0, 0.1) is 0 Å². The molecular weight excluding hydrogens is 394 g/mol. The number of carbonyl (C=O) groups is 1. The largest absolute Gasteiger partial charge is 0.449 e. The molecule has 3 heteroatoms. The van der Waals surface area contributed by atoms with Crippen LogP contribution in [0.4, 0.5) is 4.79 Å². The lowest BCUT2D eigenvalue weighted by atomic mass is 9.98. The van der Waals surface area contributed by atoms with Gasteiger partial charge in [-0.2, -0.15) is 0 Å². The minimum atomic E-state index is -0.370. The van der Waals surface area contributed by atoms with Crippen molar-refractivity contribution in [2.45, 2.75) is 12.3 Å². The molecule has 0 saturated carbocycles. The first kappa shape index (κ1) is 20.1. The van der Waals surface area contributed by atoms with Gasteiger partial charge in [0.25, 0.3) is 0 Å². The van der Waals surface area contributed by atoms with Gasteiger partial charge in [0.1, 0.15) is 6.61 Å². The van der Waals surface area contributed by atoms with Crippen LogP contribution < -0.4 is 5.32 Å². The molecule has 0 aliphatic heterocycles. The molecule has 0 bridgehead atoms. The van der Waals surface area contributed by atoms with Crippen molar-refractivity contribution in [3.63, 3.8) is 0 Å². The van der Waals surface area contributed by atoms with Crippen LogP contribution in [-0.2, 0) is 4.74 Å². The minimum Gasteiger partial charge on any atom is -0.449 e. The average molecular weight is 420 g/mol. The third-order valence-corrected chi connectivity index (χ3v) is 6.04. The van der Waals surface area contributed by atoms with E-state index in [1.165, 1.54) is 38.6 Å². The van der Waals surface area contributed by atoms with E-state index in [-0.39, 0.29) is 12.0 Å². The molecule has 158 valence electrons. The Morgan fingerprint density at radius 2 is 1.47 bits per heavy atom. The third kappa shape index (κ3) is 4.02. The summed E-state index contributed by atoms with van der Waals surface area (Å²) in [6, 6.07) is 31.3. The molecule has 0 aromatic heterocycles. The fourth-order valence-corrected chi connectivity index (χ4v) is 4.51. The van der Waals surface area contributed by atoms with Crippen LogP contribution in [0.15, 0.2) is 97.1 Å². The predicted octanol–water partition coefficient (Wildman–Crippen LogP) is 6.78. The number of hydrogen-bond acceptors (Lipinski definition) is 2. The van der Waals surface area contributed by atoms with Crippen molar-refractivity contribution in [2.75, 3.05) is 13.2 Å². The Kier molecular flexibility index (Phi) is 5.71. The van der Waals surface area contributed by atoms with Gasteiger partial charge in [0.2, 0.25) is 0 Å². The van der Waals surface area contributed by atoms with Crippen LogP contribution in [0.3, 0.4) is 0 Å². The number of hydrogen-bond donors (Lipinski definition) is 1. The maximum absolute atomic E-state index is 12.3. The van der Waals surface area contributed by atoms with E-state index < -0.39 is 0 Å². The summed E-state index contributed by atoms with van der Waals surface area (Å²) in [5.74, 6) is 0.0828. The fourth-order valence-electron chi connectivity index (χ4n) is 4.51. The van der Waals surface area contributed by atoms with Crippen LogP contribution in [0.2, 0.25) is 0 Å². The first-order chi connectivity index (χ1) is 15.8. The molecule has 1 aliphatic rings. The fraction of sp³-hybridized carbons (Fsp3) is 0.138. The first-order valence-corrected chi connectivity index (χ1v) is 11.0. The molecule has 3 nitrogen and oxygen atoms in total. The smallest absolute Gasteiger partial charge is 0.407 e. The number of carbonyl (C=O) groups excluding carboxylic acids is 1. The molecule has 0 radical (unpaired) electrons. The molecule has 0 unspecified atom stereocenters. The molecule has 4 aromatic carbocycles. The van der Waals surface area contributed by atoms with E-state index in [2.05, 4.69) is 90.3 Å².